The Morgan fingerprint density at radius 2 is 2.11 bits per heavy atom. The van der Waals surface area contributed by atoms with E-state index >= 15 is 0 Å². The number of aliphatic hydroxyl groups is 1. The first-order chi connectivity index (χ1) is 8.37. The fourth-order valence-electron chi connectivity index (χ4n) is 1.66. The molecule has 7 nitrogen and oxygen atoms in total. The summed E-state index contributed by atoms with van der Waals surface area (Å²) >= 11 is 0. The molecule has 1 aliphatic heterocycles. The first-order valence-corrected chi connectivity index (χ1v) is 6.94. The molecule has 8 heteroatoms. The summed E-state index contributed by atoms with van der Waals surface area (Å²) in [6, 6.07) is 2.61. The van der Waals surface area contributed by atoms with Crippen LogP contribution in [-0.4, -0.2) is 53.3 Å². The van der Waals surface area contributed by atoms with Gasteiger partial charge in [-0.1, -0.05) is 0 Å². The molecule has 2 unspecified atom stereocenters. The quantitative estimate of drug-likeness (QED) is 0.749. The van der Waals surface area contributed by atoms with Gasteiger partial charge >= 0.3 is 5.97 Å². The second kappa shape index (κ2) is 4.54. The van der Waals surface area contributed by atoms with Gasteiger partial charge in [0.05, 0.1) is 17.7 Å². The number of pyridine rings is 1. The molecule has 2 N–H and O–H groups in total. The molecule has 18 heavy (non-hydrogen) atoms. The highest BCUT2D eigenvalue weighted by atomic mass is 32.2. The summed E-state index contributed by atoms with van der Waals surface area (Å²) in [6.07, 6.45) is -0.733. The van der Waals surface area contributed by atoms with Crippen LogP contribution in [0.1, 0.15) is 10.5 Å². The van der Waals surface area contributed by atoms with Crippen LogP contribution >= 0.6 is 0 Å². The maximum Gasteiger partial charge on any atom is 0.354 e. The minimum atomic E-state index is -3.28. The van der Waals surface area contributed by atoms with Crippen molar-refractivity contribution in [2.45, 2.75) is 12.2 Å². The summed E-state index contributed by atoms with van der Waals surface area (Å²) in [5, 5.41) is 18.2. The molecule has 1 aromatic heterocycles. The summed E-state index contributed by atoms with van der Waals surface area (Å²) < 4.78 is 27.8. The molecule has 0 radical (unpaired) electrons. The summed E-state index contributed by atoms with van der Waals surface area (Å²) in [5.74, 6) is -1.51. The third-order valence-electron chi connectivity index (χ3n) is 2.51. The van der Waals surface area contributed by atoms with Gasteiger partial charge in [-0.05, 0) is 12.1 Å². The number of carbonyl (C=O) groups is 1. The maximum atomic E-state index is 11.3. The van der Waals surface area contributed by atoms with Crippen molar-refractivity contribution < 1.29 is 28.2 Å². The van der Waals surface area contributed by atoms with E-state index in [2.05, 4.69) is 4.98 Å². The molecule has 2 heterocycles. The first kappa shape index (κ1) is 12.8. The zero-order valence-corrected chi connectivity index (χ0v) is 10.0. The van der Waals surface area contributed by atoms with Crippen LogP contribution in [0.4, 0.5) is 0 Å². The fourth-order valence-corrected chi connectivity index (χ4v) is 3.32. The van der Waals surface area contributed by atoms with Crippen LogP contribution in [0.15, 0.2) is 18.3 Å². The average molecular weight is 273 g/mol. The topological polar surface area (TPSA) is 114 Å². The third kappa shape index (κ3) is 2.77. The molecule has 0 saturated carbocycles. The van der Waals surface area contributed by atoms with Crippen molar-refractivity contribution in [3.63, 3.8) is 0 Å². The van der Waals surface area contributed by atoms with Gasteiger partial charge in [0.15, 0.2) is 9.84 Å². The van der Waals surface area contributed by atoms with E-state index in [1.165, 1.54) is 18.3 Å². The van der Waals surface area contributed by atoms with Gasteiger partial charge in [0, 0.05) is 0 Å². The van der Waals surface area contributed by atoms with Gasteiger partial charge < -0.3 is 14.9 Å². The number of hydrogen-bond acceptors (Lipinski definition) is 6. The van der Waals surface area contributed by atoms with Crippen LogP contribution in [-0.2, 0) is 9.84 Å². The molecule has 1 aliphatic rings. The number of ether oxygens (including phenoxy) is 1. The number of sulfone groups is 1. The lowest BCUT2D eigenvalue weighted by Crippen LogP contribution is -2.29. The predicted molar refractivity (Wildman–Crippen MR) is 60.3 cm³/mol. The number of aliphatic hydroxyl groups excluding tert-OH is 1. The van der Waals surface area contributed by atoms with E-state index in [4.69, 9.17) is 9.84 Å². The molecule has 0 amide bonds. The lowest BCUT2D eigenvalue weighted by Gasteiger charge is -2.15. The van der Waals surface area contributed by atoms with Gasteiger partial charge in [0.2, 0.25) is 0 Å². The molecule has 2 rings (SSSR count). The van der Waals surface area contributed by atoms with Crippen LogP contribution in [0.2, 0.25) is 0 Å². The summed E-state index contributed by atoms with van der Waals surface area (Å²) in [7, 11) is -3.28. The Morgan fingerprint density at radius 3 is 2.56 bits per heavy atom. The summed E-state index contributed by atoms with van der Waals surface area (Å²) in [5.41, 5.74) is -0.137. The van der Waals surface area contributed by atoms with Gasteiger partial charge in [-0.3, -0.25) is 0 Å². The standard InChI is InChI=1S/C10H11NO6S/c12-8-4-18(15,16)5-9(8)17-6-1-2-7(10(13)14)11-3-6/h1-3,8-9,12H,4-5H2,(H,13,14). The Hall–Kier alpha value is -1.67. The SMILES string of the molecule is O=C(O)c1ccc(OC2CS(=O)(=O)CC2O)cn1. The van der Waals surface area contributed by atoms with Crippen LogP contribution in [0, 0.1) is 0 Å². The zero-order valence-electron chi connectivity index (χ0n) is 9.18. The lowest BCUT2D eigenvalue weighted by atomic mass is 10.2. The highest BCUT2D eigenvalue weighted by molar-refractivity contribution is 7.91. The molecule has 98 valence electrons. The molecule has 0 spiro atoms. The molecular weight excluding hydrogens is 262 g/mol. The molecule has 2 atom stereocenters. The van der Waals surface area contributed by atoms with Gasteiger partial charge in [-0.15, -0.1) is 0 Å². The van der Waals surface area contributed by atoms with Gasteiger partial charge in [-0.2, -0.15) is 0 Å². The predicted octanol–water partition coefficient (Wildman–Crippen LogP) is -0.683. The average Bonchev–Trinajstić information content (AvgIpc) is 2.52. The van der Waals surface area contributed by atoms with Gasteiger partial charge in [0.1, 0.15) is 23.7 Å². The van der Waals surface area contributed by atoms with E-state index in [1.807, 2.05) is 0 Å². The van der Waals surface area contributed by atoms with E-state index < -0.39 is 28.0 Å². The number of aromatic nitrogens is 1. The number of nitrogens with zero attached hydrogens (tertiary/aromatic N) is 1. The van der Waals surface area contributed by atoms with E-state index in [0.29, 0.717) is 0 Å². The monoisotopic (exact) mass is 273 g/mol. The van der Waals surface area contributed by atoms with Gasteiger partial charge in [-0.25, -0.2) is 18.2 Å². The van der Waals surface area contributed by atoms with Crippen molar-refractivity contribution in [2.24, 2.45) is 0 Å². The van der Waals surface area contributed by atoms with E-state index in [-0.39, 0.29) is 22.9 Å². The third-order valence-corrected chi connectivity index (χ3v) is 4.20. The van der Waals surface area contributed by atoms with E-state index in [1.54, 1.807) is 0 Å². The molecule has 0 bridgehead atoms. The second-order valence-corrected chi connectivity index (χ2v) is 6.14. The fraction of sp³-hybridized carbons (Fsp3) is 0.400. The van der Waals surface area contributed by atoms with Crippen molar-refractivity contribution in [3.8, 4) is 5.75 Å². The number of hydrogen-bond donors (Lipinski definition) is 2. The van der Waals surface area contributed by atoms with Crippen molar-refractivity contribution in [1.29, 1.82) is 0 Å². The van der Waals surface area contributed by atoms with Crippen LogP contribution < -0.4 is 4.74 Å². The first-order valence-electron chi connectivity index (χ1n) is 5.12. The molecule has 0 aliphatic carbocycles. The van der Waals surface area contributed by atoms with E-state index in [9.17, 15) is 18.3 Å². The van der Waals surface area contributed by atoms with Crippen LogP contribution in [0.5, 0.6) is 5.75 Å². The zero-order chi connectivity index (χ0) is 13.3. The molecule has 0 aromatic carbocycles. The van der Waals surface area contributed by atoms with Crippen LogP contribution in [0.3, 0.4) is 0 Å². The lowest BCUT2D eigenvalue weighted by molar-refractivity contribution is 0.0685. The second-order valence-electron chi connectivity index (χ2n) is 3.98. The highest BCUT2D eigenvalue weighted by Crippen LogP contribution is 2.19. The van der Waals surface area contributed by atoms with Crippen molar-refractivity contribution >= 4 is 15.8 Å². The smallest absolute Gasteiger partial charge is 0.354 e. The molecule has 1 saturated heterocycles. The van der Waals surface area contributed by atoms with Crippen molar-refractivity contribution in [3.05, 3.63) is 24.0 Å². The number of aromatic carboxylic acids is 1. The Bertz CT molecular complexity index is 552. The minimum absolute atomic E-state index is 0.137. The largest absolute Gasteiger partial charge is 0.485 e. The normalized spacial score (nSPS) is 25.8. The highest BCUT2D eigenvalue weighted by Gasteiger charge is 2.38. The van der Waals surface area contributed by atoms with Gasteiger partial charge in [0.25, 0.3) is 0 Å². The Kier molecular flexibility index (Phi) is 3.22. The summed E-state index contributed by atoms with van der Waals surface area (Å²) in [4.78, 5) is 14.2. The Balaban J connectivity index is 2.08. The number of carboxylic acid groups (broad SMARTS) is 1. The minimum Gasteiger partial charge on any atom is -0.485 e. The molecular formula is C10H11NO6S. The summed E-state index contributed by atoms with van der Waals surface area (Å²) in [6.45, 7) is 0. The number of carboxylic acids is 1. The number of rotatable bonds is 3. The Morgan fingerprint density at radius 1 is 1.39 bits per heavy atom. The van der Waals surface area contributed by atoms with Crippen molar-refractivity contribution in [1.82, 2.24) is 4.98 Å². The van der Waals surface area contributed by atoms with Crippen molar-refractivity contribution in [2.75, 3.05) is 11.5 Å². The molecule has 1 fully saturated rings. The van der Waals surface area contributed by atoms with E-state index in [0.717, 1.165) is 0 Å². The van der Waals surface area contributed by atoms with Crippen LogP contribution in [0.25, 0.3) is 0 Å². The molecule has 1 aromatic rings. The Labute approximate surface area is 103 Å². The maximum absolute atomic E-state index is 11.3.